The average Bonchev–Trinajstić information content (AvgIpc) is 2.93. The van der Waals surface area contributed by atoms with Crippen molar-refractivity contribution in [1.82, 2.24) is 9.97 Å². The first-order valence-corrected chi connectivity index (χ1v) is 7.23. The van der Waals surface area contributed by atoms with E-state index >= 15 is 0 Å². The van der Waals surface area contributed by atoms with Gasteiger partial charge in [0, 0.05) is 12.3 Å². The smallest absolute Gasteiger partial charge is 0.422 e. The second-order valence-electron chi connectivity index (χ2n) is 5.09. The minimum Gasteiger partial charge on any atom is -0.482 e. The van der Waals surface area contributed by atoms with Gasteiger partial charge in [0.2, 0.25) is 5.89 Å². The maximum Gasteiger partial charge on any atom is 0.422 e. The van der Waals surface area contributed by atoms with Gasteiger partial charge in [-0.2, -0.15) is 26.3 Å². The van der Waals surface area contributed by atoms with Crippen molar-refractivity contribution >= 4 is 22.7 Å². The molecule has 0 atom stereocenters. The minimum absolute atomic E-state index is 0.00475. The van der Waals surface area contributed by atoms with Crippen LogP contribution >= 0.6 is 11.6 Å². The van der Waals surface area contributed by atoms with Gasteiger partial charge in [-0.25, -0.2) is 4.98 Å². The number of nitrogens with zero attached hydrogens (tertiary/aromatic N) is 2. The Morgan fingerprint density at radius 1 is 1.12 bits per heavy atom. The van der Waals surface area contributed by atoms with Crippen molar-refractivity contribution in [3.8, 4) is 17.2 Å². The highest BCUT2D eigenvalue weighted by Gasteiger charge is 2.34. The van der Waals surface area contributed by atoms with Crippen molar-refractivity contribution in [3.63, 3.8) is 0 Å². The van der Waals surface area contributed by atoms with Crippen molar-refractivity contribution < 1.29 is 35.5 Å². The molecule has 26 heavy (non-hydrogen) atoms. The van der Waals surface area contributed by atoms with Crippen LogP contribution in [0.2, 0.25) is 5.02 Å². The lowest BCUT2D eigenvalue weighted by Gasteiger charge is -2.10. The van der Waals surface area contributed by atoms with E-state index < -0.39 is 29.5 Å². The number of oxazole rings is 1. The lowest BCUT2D eigenvalue weighted by atomic mass is 10.2. The first-order valence-electron chi connectivity index (χ1n) is 6.86. The minimum atomic E-state index is -4.69. The van der Waals surface area contributed by atoms with E-state index in [2.05, 4.69) is 14.7 Å². The zero-order valence-corrected chi connectivity index (χ0v) is 13.2. The van der Waals surface area contributed by atoms with Crippen LogP contribution in [0, 0.1) is 0 Å². The summed E-state index contributed by atoms with van der Waals surface area (Å²) in [6, 6.07) is 2.90. The summed E-state index contributed by atoms with van der Waals surface area (Å²) in [5.41, 5.74) is -1.31. The van der Waals surface area contributed by atoms with Crippen molar-refractivity contribution in [2.45, 2.75) is 12.4 Å². The van der Waals surface area contributed by atoms with Gasteiger partial charge in [0.15, 0.2) is 17.9 Å². The first kappa shape index (κ1) is 18.3. The van der Waals surface area contributed by atoms with Crippen LogP contribution in [0.15, 0.2) is 35.0 Å². The van der Waals surface area contributed by atoms with E-state index in [-0.39, 0.29) is 28.3 Å². The van der Waals surface area contributed by atoms with Crippen LogP contribution in [-0.2, 0) is 6.18 Å². The molecule has 2 heterocycles. The predicted octanol–water partition coefficient (Wildman–Crippen LogP) is 5.50. The largest absolute Gasteiger partial charge is 0.482 e. The summed E-state index contributed by atoms with van der Waals surface area (Å²) in [5, 5.41) is -0.587. The Morgan fingerprint density at radius 3 is 2.50 bits per heavy atom. The van der Waals surface area contributed by atoms with Crippen molar-refractivity contribution in [1.29, 1.82) is 0 Å². The highest BCUT2D eigenvalue weighted by molar-refractivity contribution is 6.32. The van der Waals surface area contributed by atoms with Crippen LogP contribution in [0.1, 0.15) is 5.56 Å². The van der Waals surface area contributed by atoms with Gasteiger partial charge in [0.1, 0.15) is 5.52 Å². The zero-order chi connectivity index (χ0) is 19.1. The summed E-state index contributed by atoms with van der Waals surface area (Å²) >= 11 is 5.61. The highest BCUT2D eigenvalue weighted by Crippen LogP contribution is 2.39. The van der Waals surface area contributed by atoms with Crippen molar-refractivity contribution in [2.24, 2.45) is 0 Å². The fourth-order valence-electron chi connectivity index (χ4n) is 2.11. The van der Waals surface area contributed by atoms with Crippen LogP contribution in [0.4, 0.5) is 26.3 Å². The second kappa shape index (κ2) is 6.35. The molecular weight excluding hydrogens is 390 g/mol. The van der Waals surface area contributed by atoms with Gasteiger partial charge in [0.05, 0.1) is 22.3 Å². The van der Waals surface area contributed by atoms with Crippen molar-refractivity contribution in [2.75, 3.05) is 6.61 Å². The molecule has 0 spiro atoms. The number of halogens is 7. The Balaban J connectivity index is 2.04. The third-order valence-electron chi connectivity index (χ3n) is 3.19. The number of hydrogen-bond donors (Lipinski definition) is 0. The van der Waals surface area contributed by atoms with Crippen LogP contribution < -0.4 is 4.74 Å². The summed E-state index contributed by atoms with van der Waals surface area (Å²) in [4.78, 5) is 7.54. The van der Waals surface area contributed by atoms with Gasteiger partial charge >= 0.3 is 12.4 Å². The number of ether oxygens (including phenoxy) is 1. The molecule has 0 radical (unpaired) electrons. The molecule has 0 aliphatic carbocycles. The number of pyridine rings is 1. The fraction of sp³-hybridized carbons (Fsp3) is 0.200. The van der Waals surface area contributed by atoms with Gasteiger partial charge in [0.25, 0.3) is 0 Å². The quantitative estimate of drug-likeness (QED) is 0.548. The lowest BCUT2D eigenvalue weighted by molar-refractivity contribution is -0.153. The SMILES string of the molecule is FC(F)(F)COc1cnccc1-c1nc2cc(C(F)(F)F)c(Cl)cc2o1. The third-order valence-corrected chi connectivity index (χ3v) is 3.50. The molecule has 0 unspecified atom stereocenters. The molecule has 4 nitrogen and oxygen atoms in total. The number of aromatic nitrogens is 2. The summed E-state index contributed by atoms with van der Waals surface area (Å²) in [6.07, 6.45) is -7.01. The Morgan fingerprint density at radius 2 is 1.85 bits per heavy atom. The predicted molar refractivity (Wildman–Crippen MR) is 78.8 cm³/mol. The van der Waals surface area contributed by atoms with Gasteiger partial charge in [-0.1, -0.05) is 11.6 Å². The molecule has 11 heteroatoms. The molecule has 138 valence electrons. The van der Waals surface area contributed by atoms with E-state index in [0.29, 0.717) is 6.07 Å². The number of rotatable bonds is 3. The number of hydrogen-bond acceptors (Lipinski definition) is 4. The number of fused-ring (bicyclic) bond motifs is 1. The Kier molecular flexibility index (Phi) is 4.47. The number of alkyl halides is 6. The Bertz CT molecular complexity index is 951. The van der Waals surface area contributed by atoms with Crippen LogP contribution in [0.3, 0.4) is 0 Å². The van der Waals surface area contributed by atoms with Crippen LogP contribution in [-0.4, -0.2) is 22.8 Å². The van der Waals surface area contributed by atoms with E-state index in [0.717, 1.165) is 12.3 Å². The summed E-state index contributed by atoms with van der Waals surface area (Å²) in [5.74, 6) is -0.506. The lowest BCUT2D eigenvalue weighted by Crippen LogP contribution is -2.19. The molecule has 0 fully saturated rings. The van der Waals surface area contributed by atoms with Gasteiger partial charge < -0.3 is 9.15 Å². The Hall–Kier alpha value is -2.49. The molecule has 0 saturated heterocycles. The molecule has 0 saturated carbocycles. The van der Waals surface area contributed by atoms with Crippen molar-refractivity contribution in [3.05, 3.63) is 41.2 Å². The second-order valence-corrected chi connectivity index (χ2v) is 5.50. The van der Waals surface area contributed by atoms with Gasteiger partial charge in [-0.05, 0) is 12.1 Å². The normalized spacial score (nSPS) is 12.6. The Labute approximate surface area is 146 Å². The molecule has 0 aliphatic rings. The summed E-state index contributed by atoms with van der Waals surface area (Å²) in [7, 11) is 0. The summed E-state index contributed by atoms with van der Waals surface area (Å²) in [6.45, 7) is -1.57. The van der Waals surface area contributed by atoms with Crippen LogP contribution in [0.5, 0.6) is 5.75 Å². The highest BCUT2D eigenvalue weighted by atomic mass is 35.5. The van der Waals surface area contributed by atoms with Gasteiger partial charge in [-0.15, -0.1) is 0 Å². The average molecular weight is 397 g/mol. The molecule has 0 N–H and O–H groups in total. The fourth-order valence-corrected chi connectivity index (χ4v) is 2.37. The maximum absolute atomic E-state index is 12.9. The van der Waals surface area contributed by atoms with Crippen LogP contribution in [0.25, 0.3) is 22.6 Å². The topological polar surface area (TPSA) is 48.2 Å². The van der Waals surface area contributed by atoms with E-state index in [1.165, 1.54) is 12.3 Å². The molecule has 0 amide bonds. The molecular formula is C15H7ClF6N2O2. The number of benzene rings is 1. The van der Waals surface area contributed by atoms with E-state index in [9.17, 15) is 26.3 Å². The zero-order valence-electron chi connectivity index (χ0n) is 12.5. The first-order chi connectivity index (χ1) is 12.0. The molecule has 0 aliphatic heterocycles. The molecule has 3 aromatic rings. The third kappa shape index (κ3) is 3.85. The molecule has 1 aromatic carbocycles. The molecule has 0 bridgehead atoms. The monoisotopic (exact) mass is 396 g/mol. The molecule has 2 aromatic heterocycles. The van der Waals surface area contributed by atoms with E-state index in [4.69, 9.17) is 16.0 Å². The van der Waals surface area contributed by atoms with E-state index in [1.54, 1.807) is 0 Å². The summed E-state index contributed by atoms with van der Waals surface area (Å²) < 4.78 is 85.7. The standard InChI is InChI=1S/C15H7ClF6N2O2/c16-9-4-11-10(3-8(9)15(20,21)22)24-13(26-11)7-1-2-23-5-12(7)25-6-14(17,18)19/h1-5H,6H2. The van der Waals surface area contributed by atoms with Gasteiger partial charge in [-0.3, -0.25) is 4.98 Å². The maximum atomic E-state index is 12.9. The molecule has 3 rings (SSSR count). The van der Waals surface area contributed by atoms with E-state index in [1.807, 2.05) is 0 Å².